The molecule has 0 aromatic heterocycles. The van der Waals surface area contributed by atoms with Gasteiger partial charge < -0.3 is 14.2 Å². The minimum absolute atomic E-state index is 0.0830. The lowest BCUT2D eigenvalue weighted by Gasteiger charge is -2.11. The highest BCUT2D eigenvalue weighted by molar-refractivity contribution is 9.10. The highest BCUT2D eigenvalue weighted by Crippen LogP contribution is 2.29. The zero-order valence-electron chi connectivity index (χ0n) is 18.0. The number of nitrogens with zero attached hydrogens (tertiary/aromatic N) is 1. The summed E-state index contributed by atoms with van der Waals surface area (Å²) < 4.78 is 41.4. The fourth-order valence-corrected chi connectivity index (χ4v) is 3.94. The standard InChI is InChI=1S/C23H21BrN2O6S/c1-15-4-8-19(9-5-15)33(28,29)26-25-14-17-12-18(24)7-11-20(17)32-23(27)16-6-10-21(30-2)22(13-16)31-3/h4-14,26H,1-3H3/b25-14-. The molecule has 3 rings (SSSR count). The van der Waals surface area contributed by atoms with Gasteiger partial charge in [-0.1, -0.05) is 33.6 Å². The third-order valence-electron chi connectivity index (χ3n) is 4.50. The molecular weight excluding hydrogens is 512 g/mol. The predicted molar refractivity (Wildman–Crippen MR) is 128 cm³/mol. The number of aryl methyl sites for hydroxylation is 1. The number of ether oxygens (including phenoxy) is 3. The van der Waals surface area contributed by atoms with Crippen LogP contribution >= 0.6 is 15.9 Å². The lowest BCUT2D eigenvalue weighted by atomic mass is 10.2. The van der Waals surface area contributed by atoms with Crippen LogP contribution in [0.25, 0.3) is 0 Å². The summed E-state index contributed by atoms with van der Waals surface area (Å²) in [7, 11) is -0.881. The van der Waals surface area contributed by atoms with Gasteiger partial charge in [-0.15, -0.1) is 0 Å². The summed E-state index contributed by atoms with van der Waals surface area (Å²) in [6.07, 6.45) is 1.26. The highest BCUT2D eigenvalue weighted by atomic mass is 79.9. The molecule has 0 fully saturated rings. The molecule has 0 bridgehead atoms. The molecule has 0 aliphatic rings. The maximum atomic E-state index is 12.7. The van der Waals surface area contributed by atoms with Crippen molar-refractivity contribution in [1.29, 1.82) is 0 Å². The summed E-state index contributed by atoms with van der Waals surface area (Å²) >= 11 is 3.35. The molecule has 1 N–H and O–H groups in total. The molecule has 0 atom stereocenters. The molecule has 33 heavy (non-hydrogen) atoms. The van der Waals surface area contributed by atoms with E-state index >= 15 is 0 Å². The summed E-state index contributed by atoms with van der Waals surface area (Å²) in [4.78, 5) is 14.9. The Balaban J connectivity index is 1.80. The molecule has 3 aromatic rings. The number of nitrogens with one attached hydrogen (secondary N) is 1. The Labute approximate surface area is 200 Å². The number of esters is 1. The number of hydrogen-bond donors (Lipinski definition) is 1. The number of carbonyl (C=O) groups is 1. The van der Waals surface area contributed by atoms with Crippen LogP contribution in [0.4, 0.5) is 0 Å². The Bertz CT molecular complexity index is 1290. The van der Waals surface area contributed by atoms with E-state index in [1.165, 1.54) is 38.6 Å². The second-order valence-corrected chi connectivity index (χ2v) is 9.38. The van der Waals surface area contributed by atoms with Crippen molar-refractivity contribution in [2.24, 2.45) is 5.10 Å². The average Bonchev–Trinajstić information content (AvgIpc) is 2.80. The first-order valence-electron chi connectivity index (χ1n) is 9.59. The predicted octanol–water partition coefficient (Wildman–Crippen LogP) is 4.31. The Kier molecular flexibility index (Phi) is 7.72. The van der Waals surface area contributed by atoms with Crippen LogP contribution in [0.5, 0.6) is 17.2 Å². The zero-order chi connectivity index (χ0) is 24.0. The molecular formula is C23H21BrN2O6S. The summed E-state index contributed by atoms with van der Waals surface area (Å²) in [6, 6.07) is 15.9. The van der Waals surface area contributed by atoms with Crippen molar-refractivity contribution in [2.75, 3.05) is 14.2 Å². The first-order valence-corrected chi connectivity index (χ1v) is 11.9. The van der Waals surface area contributed by atoms with Crippen LogP contribution in [0.1, 0.15) is 21.5 Å². The molecule has 3 aromatic carbocycles. The van der Waals surface area contributed by atoms with E-state index in [0.29, 0.717) is 21.5 Å². The van der Waals surface area contributed by atoms with Gasteiger partial charge in [-0.05, 0) is 55.5 Å². The number of sulfonamides is 1. The van der Waals surface area contributed by atoms with Crippen LogP contribution in [0.2, 0.25) is 0 Å². The quantitative estimate of drug-likeness (QED) is 0.200. The summed E-state index contributed by atoms with van der Waals surface area (Å²) in [5.41, 5.74) is 1.57. The SMILES string of the molecule is COc1ccc(C(=O)Oc2ccc(Br)cc2/C=N\NS(=O)(=O)c2ccc(C)cc2)cc1OC. The maximum Gasteiger partial charge on any atom is 0.343 e. The van der Waals surface area contributed by atoms with Gasteiger partial charge in [0.05, 0.1) is 30.9 Å². The smallest absolute Gasteiger partial charge is 0.343 e. The van der Waals surface area contributed by atoms with Gasteiger partial charge in [0.1, 0.15) is 5.75 Å². The van der Waals surface area contributed by atoms with Crippen molar-refractivity contribution < 1.29 is 27.4 Å². The van der Waals surface area contributed by atoms with E-state index in [9.17, 15) is 13.2 Å². The molecule has 0 amide bonds. The Morgan fingerprint density at radius 3 is 2.27 bits per heavy atom. The van der Waals surface area contributed by atoms with E-state index in [1.807, 2.05) is 6.92 Å². The minimum atomic E-state index is -3.84. The van der Waals surface area contributed by atoms with Crippen LogP contribution in [0.15, 0.2) is 75.1 Å². The van der Waals surface area contributed by atoms with E-state index in [-0.39, 0.29) is 16.2 Å². The molecule has 0 heterocycles. The first kappa shape index (κ1) is 24.3. The van der Waals surface area contributed by atoms with Crippen molar-refractivity contribution in [1.82, 2.24) is 4.83 Å². The first-order chi connectivity index (χ1) is 15.7. The van der Waals surface area contributed by atoms with Crippen LogP contribution in [-0.2, 0) is 10.0 Å². The van der Waals surface area contributed by atoms with Crippen molar-refractivity contribution in [3.63, 3.8) is 0 Å². The summed E-state index contributed by atoms with van der Waals surface area (Å²) in [5.74, 6) is 0.422. The van der Waals surface area contributed by atoms with Gasteiger partial charge in [-0.2, -0.15) is 13.5 Å². The fraction of sp³-hybridized carbons (Fsp3) is 0.130. The monoisotopic (exact) mass is 532 g/mol. The molecule has 10 heteroatoms. The minimum Gasteiger partial charge on any atom is -0.493 e. The second-order valence-electron chi connectivity index (χ2n) is 6.81. The molecule has 0 radical (unpaired) electrons. The molecule has 0 aliphatic heterocycles. The number of rotatable bonds is 8. The van der Waals surface area contributed by atoms with E-state index in [1.54, 1.807) is 42.5 Å². The number of halogens is 1. The lowest BCUT2D eigenvalue weighted by Crippen LogP contribution is -2.18. The third kappa shape index (κ3) is 6.11. The van der Waals surface area contributed by atoms with Crippen molar-refractivity contribution in [2.45, 2.75) is 11.8 Å². The molecule has 8 nitrogen and oxygen atoms in total. The normalized spacial score (nSPS) is 11.3. The largest absolute Gasteiger partial charge is 0.493 e. The van der Waals surface area contributed by atoms with Gasteiger partial charge in [0, 0.05) is 10.0 Å². The maximum absolute atomic E-state index is 12.7. The zero-order valence-corrected chi connectivity index (χ0v) is 20.4. The second kappa shape index (κ2) is 10.5. The van der Waals surface area contributed by atoms with Gasteiger partial charge in [-0.25, -0.2) is 9.63 Å². The molecule has 0 unspecified atom stereocenters. The van der Waals surface area contributed by atoms with Crippen molar-refractivity contribution in [3.05, 3.63) is 81.8 Å². The van der Waals surface area contributed by atoms with Crippen molar-refractivity contribution >= 4 is 38.1 Å². The van der Waals surface area contributed by atoms with Crippen LogP contribution in [0.3, 0.4) is 0 Å². The van der Waals surface area contributed by atoms with Gasteiger partial charge in [0.25, 0.3) is 10.0 Å². The number of benzene rings is 3. The lowest BCUT2D eigenvalue weighted by molar-refractivity contribution is 0.0734. The van der Waals surface area contributed by atoms with Gasteiger partial charge in [0.2, 0.25) is 0 Å². The van der Waals surface area contributed by atoms with Gasteiger partial charge in [0.15, 0.2) is 11.5 Å². The highest BCUT2D eigenvalue weighted by Gasteiger charge is 2.16. The van der Waals surface area contributed by atoms with Gasteiger partial charge >= 0.3 is 5.97 Å². The van der Waals surface area contributed by atoms with Gasteiger partial charge in [-0.3, -0.25) is 0 Å². The molecule has 172 valence electrons. The number of methoxy groups -OCH3 is 2. The Morgan fingerprint density at radius 2 is 1.61 bits per heavy atom. The van der Waals surface area contributed by atoms with E-state index in [2.05, 4.69) is 25.9 Å². The molecule has 0 aliphatic carbocycles. The number of hydrogen-bond acceptors (Lipinski definition) is 7. The Morgan fingerprint density at radius 1 is 0.939 bits per heavy atom. The number of hydrazone groups is 1. The topological polar surface area (TPSA) is 103 Å². The number of carbonyl (C=O) groups excluding carboxylic acids is 1. The summed E-state index contributed by atoms with van der Waals surface area (Å²) in [5, 5.41) is 3.83. The van der Waals surface area contributed by atoms with E-state index < -0.39 is 16.0 Å². The molecule has 0 saturated carbocycles. The Hall–Kier alpha value is -3.37. The van der Waals surface area contributed by atoms with E-state index in [0.717, 1.165) is 5.56 Å². The summed E-state index contributed by atoms with van der Waals surface area (Å²) in [6.45, 7) is 1.86. The molecule has 0 spiro atoms. The van der Waals surface area contributed by atoms with E-state index in [4.69, 9.17) is 14.2 Å². The molecule has 0 saturated heterocycles. The van der Waals surface area contributed by atoms with Crippen LogP contribution < -0.4 is 19.0 Å². The van der Waals surface area contributed by atoms with Crippen LogP contribution in [-0.4, -0.2) is 34.8 Å². The average molecular weight is 533 g/mol. The third-order valence-corrected chi connectivity index (χ3v) is 6.23. The van der Waals surface area contributed by atoms with Crippen molar-refractivity contribution in [3.8, 4) is 17.2 Å². The fourth-order valence-electron chi connectivity index (χ4n) is 2.77. The van der Waals surface area contributed by atoms with Crippen LogP contribution in [0, 0.1) is 6.92 Å².